The fourth-order valence-electron chi connectivity index (χ4n) is 4.02. The Balaban J connectivity index is 1.75. The number of hydrogen-bond donors (Lipinski definition) is 1. The predicted molar refractivity (Wildman–Crippen MR) is 124 cm³/mol. The van der Waals surface area contributed by atoms with Crippen molar-refractivity contribution in [3.63, 3.8) is 0 Å². The topological polar surface area (TPSA) is 110 Å². The highest BCUT2D eigenvalue weighted by Crippen LogP contribution is 2.29. The van der Waals surface area contributed by atoms with Crippen molar-refractivity contribution >= 4 is 29.1 Å². The molecule has 180 valence electrons. The molecule has 9 heteroatoms. The Labute approximate surface area is 197 Å². The molecule has 2 N–H and O–H groups in total. The molecular formula is C25H28FN3O5. The number of likely N-dealkylation sites (N-methyl/N-ethyl adjacent to an activating group) is 1. The average molecular weight is 470 g/mol. The van der Waals surface area contributed by atoms with Gasteiger partial charge in [0, 0.05) is 38.9 Å². The van der Waals surface area contributed by atoms with Gasteiger partial charge in [0.2, 0.25) is 5.78 Å². The second-order valence-electron chi connectivity index (χ2n) is 8.56. The lowest BCUT2D eigenvalue weighted by atomic mass is 9.90. The van der Waals surface area contributed by atoms with Gasteiger partial charge in [-0.3, -0.25) is 19.2 Å². The minimum Gasteiger partial charge on any atom is -0.496 e. The third-order valence-electron chi connectivity index (χ3n) is 5.99. The van der Waals surface area contributed by atoms with E-state index in [9.17, 15) is 23.6 Å². The number of nitrogens with two attached hydrogens (primary N) is 1. The number of piperidine rings is 1. The summed E-state index contributed by atoms with van der Waals surface area (Å²) >= 11 is 0. The lowest BCUT2D eigenvalue weighted by Gasteiger charge is -2.32. The van der Waals surface area contributed by atoms with Crippen LogP contribution >= 0.6 is 0 Å². The van der Waals surface area contributed by atoms with E-state index in [1.165, 1.54) is 45.5 Å². The molecule has 0 aliphatic carbocycles. The summed E-state index contributed by atoms with van der Waals surface area (Å²) in [7, 11) is 4.10. The van der Waals surface area contributed by atoms with Crippen LogP contribution < -0.4 is 10.5 Å². The van der Waals surface area contributed by atoms with Crippen molar-refractivity contribution in [1.82, 2.24) is 9.80 Å². The molecule has 0 spiro atoms. The zero-order valence-corrected chi connectivity index (χ0v) is 19.5. The van der Waals surface area contributed by atoms with Gasteiger partial charge in [-0.15, -0.1) is 0 Å². The first-order valence-corrected chi connectivity index (χ1v) is 10.9. The van der Waals surface area contributed by atoms with Crippen LogP contribution in [-0.2, 0) is 16.0 Å². The number of carbonyl (C=O) groups excluding carboxylic acids is 4. The Hall–Kier alpha value is -3.75. The average Bonchev–Trinajstić information content (AvgIpc) is 2.83. The number of amides is 2. The summed E-state index contributed by atoms with van der Waals surface area (Å²) in [5, 5.41) is 0. The first-order chi connectivity index (χ1) is 16.1. The number of carbonyl (C=O) groups is 4. The molecule has 1 saturated heterocycles. The summed E-state index contributed by atoms with van der Waals surface area (Å²) in [6, 6.07) is 8.97. The van der Waals surface area contributed by atoms with Gasteiger partial charge in [0.25, 0.3) is 17.6 Å². The molecular weight excluding hydrogens is 441 g/mol. The monoisotopic (exact) mass is 469 g/mol. The van der Waals surface area contributed by atoms with Crippen molar-refractivity contribution < 1.29 is 28.3 Å². The van der Waals surface area contributed by atoms with Crippen LogP contribution in [-0.4, -0.2) is 67.5 Å². The number of nitrogen functional groups attached to an aromatic ring is 1. The summed E-state index contributed by atoms with van der Waals surface area (Å²) in [5.74, 6) is -3.37. The molecule has 0 aromatic heterocycles. The second-order valence-corrected chi connectivity index (χ2v) is 8.56. The standard InChI is InChI=1S/C25H28FN3O5/c1-28(2)25(33)23(31)22(30)18-13-19(21(34-3)14-20(18)27)24(32)29-10-8-16(9-11-29)12-15-4-6-17(26)7-5-15/h4-7,13-14,16H,8-12,27H2,1-3H3. The normalized spacial score (nSPS) is 13.9. The fraction of sp³-hybridized carbons (Fsp3) is 0.360. The second kappa shape index (κ2) is 10.5. The molecule has 1 aliphatic heterocycles. The number of ketones is 2. The summed E-state index contributed by atoms with van der Waals surface area (Å²) in [6.45, 7) is 0.999. The highest BCUT2D eigenvalue weighted by atomic mass is 19.1. The van der Waals surface area contributed by atoms with Crippen molar-refractivity contribution in [3.8, 4) is 5.75 Å². The van der Waals surface area contributed by atoms with Gasteiger partial charge in [-0.25, -0.2) is 4.39 Å². The summed E-state index contributed by atoms with van der Waals surface area (Å²) in [6.07, 6.45) is 2.33. The lowest BCUT2D eigenvalue weighted by molar-refractivity contribution is -0.140. The van der Waals surface area contributed by atoms with Gasteiger partial charge in [0.05, 0.1) is 18.2 Å². The van der Waals surface area contributed by atoms with Crippen LogP contribution in [0.15, 0.2) is 36.4 Å². The van der Waals surface area contributed by atoms with Crippen LogP contribution in [0.5, 0.6) is 5.75 Å². The number of Topliss-reactive ketones (excluding diaryl/α,β-unsaturated/α-hetero) is 2. The number of anilines is 1. The van der Waals surface area contributed by atoms with Crippen molar-refractivity contribution in [3.05, 3.63) is 58.9 Å². The Kier molecular flexibility index (Phi) is 7.65. The largest absolute Gasteiger partial charge is 0.496 e. The molecule has 0 saturated carbocycles. The minimum atomic E-state index is -1.23. The number of rotatable bonds is 7. The van der Waals surface area contributed by atoms with Crippen LogP contribution in [0.25, 0.3) is 0 Å². The first kappa shape index (κ1) is 24.9. The van der Waals surface area contributed by atoms with Crippen molar-refractivity contribution in [1.29, 1.82) is 0 Å². The van der Waals surface area contributed by atoms with Gasteiger partial charge >= 0.3 is 0 Å². The lowest BCUT2D eigenvalue weighted by Crippen LogP contribution is -2.39. The first-order valence-electron chi connectivity index (χ1n) is 10.9. The molecule has 8 nitrogen and oxygen atoms in total. The van der Waals surface area contributed by atoms with Crippen LogP contribution in [0.3, 0.4) is 0 Å². The van der Waals surface area contributed by atoms with Gasteiger partial charge < -0.3 is 20.3 Å². The van der Waals surface area contributed by atoms with Crippen LogP contribution in [0.2, 0.25) is 0 Å². The van der Waals surface area contributed by atoms with Crippen molar-refractivity contribution in [2.24, 2.45) is 5.92 Å². The molecule has 0 atom stereocenters. The van der Waals surface area contributed by atoms with Crippen molar-refractivity contribution in [2.75, 3.05) is 40.0 Å². The summed E-state index contributed by atoms with van der Waals surface area (Å²) < 4.78 is 18.4. The van der Waals surface area contributed by atoms with Gasteiger partial charge in [-0.2, -0.15) is 0 Å². The SMILES string of the molecule is COc1cc(N)c(C(=O)C(=O)C(=O)N(C)C)cc1C(=O)N1CCC(Cc2ccc(F)cc2)CC1. The molecule has 2 amide bonds. The number of benzene rings is 2. The van der Waals surface area contributed by atoms with E-state index >= 15 is 0 Å². The van der Waals surface area contributed by atoms with E-state index in [0.717, 1.165) is 29.7 Å². The third kappa shape index (κ3) is 5.41. The van der Waals surface area contributed by atoms with E-state index in [-0.39, 0.29) is 34.3 Å². The van der Waals surface area contributed by atoms with E-state index < -0.39 is 17.5 Å². The number of likely N-dealkylation sites (tertiary alicyclic amines) is 1. The van der Waals surface area contributed by atoms with Gasteiger partial charge in [-0.05, 0) is 48.9 Å². The van der Waals surface area contributed by atoms with E-state index in [2.05, 4.69) is 0 Å². The van der Waals surface area contributed by atoms with Gasteiger partial charge in [-0.1, -0.05) is 12.1 Å². The Bertz CT molecular complexity index is 1110. The molecule has 1 fully saturated rings. The smallest absolute Gasteiger partial charge is 0.298 e. The molecule has 3 rings (SSSR count). The maximum absolute atomic E-state index is 13.3. The van der Waals surface area contributed by atoms with Crippen LogP contribution in [0, 0.1) is 11.7 Å². The molecule has 0 radical (unpaired) electrons. The maximum atomic E-state index is 13.3. The van der Waals surface area contributed by atoms with E-state index in [1.807, 2.05) is 0 Å². The van der Waals surface area contributed by atoms with Gasteiger partial charge in [0.15, 0.2) is 0 Å². The molecule has 34 heavy (non-hydrogen) atoms. The fourth-order valence-corrected chi connectivity index (χ4v) is 4.02. The Morgan fingerprint density at radius 2 is 1.68 bits per heavy atom. The van der Waals surface area contributed by atoms with Gasteiger partial charge in [0.1, 0.15) is 11.6 Å². The number of hydrogen-bond acceptors (Lipinski definition) is 6. The zero-order valence-electron chi connectivity index (χ0n) is 19.5. The van der Waals surface area contributed by atoms with E-state index in [4.69, 9.17) is 10.5 Å². The Morgan fingerprint density at radius 1 is 1.06 bits per heavy atom. The summed E-state index contributed by atoms with van der Waals surface area (Å²) in [4.78, 5) is 52.7. The molecule has 2 aromatic rings. The maximum Gasteiger partial charge on any atom is 0.298 e. The zero-order chi connectivity index (χ0) is 25.0. The molecule has 0 unspecified atom stereocenters. The Morgan fingerprint density at radius 3 is 2.24 bits per heavy atom. The molecule has 1 aliphatic rings. The quantitative estimate of drug-likeness (QED) is 0.289. The number of ether oxygens (including phenoxy) is 1. The molecule has 1 heterocycles. The van der Waals surface area contributed by atoms with E-state index in [0.29, 0.717) is 19.0 Å². The number of nitrogens with zero attached hydrogens (tertiary/aromatic N) is 2. The minimum absolute atomic E-state index is 0.0590. The highest BCUT2D eigenvalue weighted by Gasteiger charge is 2.31. The highest BCUT2D eigenvalue weighted by molar-refractivity contribution is 6.66. The van der Waals surface area contributed by atoms with Crippen LogP contribution in [0.1, 0.15) is 39.1 Å². The molecule has 0 bridgehead atoms. The number of halogens is 1. The predicted octanol–water partition coefficient (Wildman–Crippen LogP) is 2.35. The molecule has 2 aromatic carbocycles. The summed E-state index contributed by atoms with van der Waals surface area (Å²) in [5.41, 5.74) is 6.81. The van der Waals surface area contributed by atoms with Crippen LogP contribution in [0.4, 0.5) is 10.1 Å². The third-order valence-corrected chi connectivity index (χ3v) is 5.99. The van der Waals surface area contributed by atoms with Crippen molar-refractivity contribution in [2.45, 2.75) is 19.3 Å². The van der Waals surface area contributed by atoms with E-state index in [1.54, 1.807) is 17.0 Å². The number of methoxy groups -OCH3 is 1.